The minimum atomic E-state index is -2.55. The fraction of sp³-hybridized carbons (Fsp3) is 0.500. The molecule has 0 spiro atoms. The van der Waals surface area contributed by atoms with E-state index in [4.69, 9.17) is 0 Å². The quantitative estimate of drug-likeness (QED) is 0.481. The Morgan fingerprint density at radius 1 is 1.12 bits per heavy atom. The number of hydrogen-bond acceptors (Lipinski definition) is 3. The molecule has 0 aromatic rings. The molecule has 0 aliphatic carbocycles. The number of hydrogen-bond donors (Lipinski definition) is 0. The second-order valence-electron chi connectivity index (χ2n) is 1.44. The van der Waals surface area contributed by atoms with Gasteiger partial charge in [-0.15, -0.1) is 0 Å². The third kappa shape index (κ3) is 1.88. The van der Waals surface area contributed by atoms with Crippen LogP contribution < -0.4 is 0 Å². The first-order chi connectivity index (χ1) is 3.55. The predicted octanol–water partition coefficient (Wildman–Crippen LogP) is -0.335. The molecule has 0 aliphatic rings. The van der Waals surface area contributed by atoms with Gasteiger partial charge in [-0.05, 0) is 13.8 Å². The summed E-state index contributed by atoms with van der Waals surface area (Å²) in [5, 5.41) is -1.02. The van der Waals surface area contributed by atoms with Gasteiger partial charge in [-0.2, -0.15) is 0 Å². The van der Waals surface area contributed by atoms with E-state index in [-0.39, 0.29) is 0 Å². The molecule has 0 bridgehead atoms. The normalized spacial score (nSPS) is 8.25. The van der Waals surface area contributed by atoms with Crippen LogP contribution in [0.25, 0.3) is 0 Å². The smallest absolute Gasteiger partial charge is 0.370 e. The summed E-state index contributed by atoms with van der Waals surface area (Å²) < 4.78 is 10.3. The predicted molar refractivity (Wildman–Crippen MR) is 27.8 cm³/mol. The summed E-state index contributed by atoms with van der Waals surface area (Å²) in [5.41, 5.74) is 0. The number of carbonyl (C=O) groups excluding carboxylic acids is 2. The van der Waals surface area contributed by atoms with Gasteiger partial charge in [0, 0.05) is 0 Å². The molecule has 0 aromatic carbocycles. The SMILES string of the molecule is CC(=O)[Si](=O)C(C)=O. The molecule has 0 radical (unpaired) electrons. The molecule has 0 rings (SSSR count). The lowest BCUT2D eigenvalue weighted by molar-refractivity contribution is -0.114. The first-order valence-electron chi connectivity index (χ1n) is 2.11. The Bertz CT molecular complexity index is 133. The monoisotopic (exact) mass is 130 g/mol. The Morgan fingerprint density at radius 3 is 1.38 bits per heavy atom. The Morgan fingerprint density at radius 2 is 1.38 bits per heavy atom. The molecular weight excluding hydrogens is 124 g/mol. The Labute approximate surface area is 48.4 Å². The third-order valence-electron chi connectivity index (χ3n) is 0.640. The van der Waals surface area contributed by atoms with Crippen molar-refractivity contribution in [1.29, 1.82) is 0 Å². The average molecular weight is 130 g/mol. The van der Waals surface area contributed by atoms with Gasteiger partial charge in [0.2, 0.25) is 0 Å². The average Bonchev–Trinajstić information content (AvgIpc) is 1.64. The largest absolute Gasteiger partial charge is 0.420 e. The summed E-state index contributed by atoms with van der Waals surface area (Å²) in [4.78, 5) is 20.2. The van der Waals surface area contributed by atoms with E-state index in [1.54, 1.807) is 0 Å². The van der Waals surface area contributed by atoms with Crippen molar-refractivity contribution >= 4 is 19.5 Å². The van der Waals surface area contributed by atoms with Gasteiger partial charge in [0.15, 0.2) is 10.8 Å². The molecule has 0 aromatic heterocycles. The van der Waals surface area contributed by atoms with Crippen LogP contribution >= 0.6 is 0 Å². The van der Waals surface area contributed by atoms with Crippen LogP contribution in [0.15, 0.2) is 0 Å². The van der Waals surface area contributed by atoms with E-state index in [9.17, 15) is 14.1 Å². The van der Waals surface area contributed by atoms with Gasteiger partial charge in [-0.1, -0.05) is 0 Å². The fourth-order valence-corrected chi connectivity index (χ4v) is 0.744. The maximum absolute atomic E-state index is 10.3. The first-order valence-corrected chi connectivity index (χ1v) is 3.52. The number of carbonyl (C=O) groups is 2. The highest BCUT2D eigenvalue weighted by molar-refractivity contribution is 7.01. The molecular formula is C4H6O3Si. The van der Waals surface area contributed by atoms with E-state index in [1.165, 1.54) is 0 Å². The summed E-state index contributed by atoms with van der Waals surface area (Å²) in [6.07, 6.45) is 0. The van der Waals surface area contributed by atoms with E-state index >= 15 is 0 Å². The van der Waals surface area contributed by atoms with Crippen molar-refractivity contribution in [2.24, 2.45) is 0 Å². The summed E-state index contributed by atoms with van der Waals surface area (Å²) in [6.45, 7) is 2.31. The molecule has 0 saturated carbocycles. The van der Waals surface area contributed by atoms with Crippen LogP contribution in [-0.2, 0) is 14.1 Å². The second kappa shape index (κ2) is 2.61. The molecule has 0 atom stereocenters. The molecule has 0 fully saturated rings. The van der Waals surface area contributed by atoms with E-state index < -0.39 is 19.5 Å². The maximum atomic E-state index is 10.3. The van der Waals surface area contributed by atoms with Gasteiger partial charge in [-0.25, -0.2) is 0 Å². The molecule has 4 heteroatoms. The maximum Gasteiger partial charge on any atom is 0.420 e. The molecule has 8 heavy (non-hydrogen) atoms. The van der Waals surface area contributed by atoms with Crippen molar-refractivity contribution in [3.8, 4) is 0 Å². The highest BCUT2D eigenvalue weighted by atomic mass is 28.3. The highest BCUT2D eigenvalue weighted by Gasteiger charge is 2.16. The van der Waals surface area contributed by atoms with Crippen molar-refractivity contribution < 1.29 is 14.1 Å². The fourth-order valence-electron chi connectivity index (χ4n) is 0.248. The van der Waals surface area contributed by atoms with Gasteiger partial charge >= 0.3 is 8.68 Å². The number of rotatable bonds is 2. The van der Waals surface area contributed by atoms with Crippen LogP contribution in [0.2, 0.25) is 0 Å². The molecule has 0 saturated heterocycles. The van der Waals surface area contributed by atoms with Crippen LogP contribution in [0.3, 0.4) is 0 Å². The Balaban J connectivity index is 4.05. The minimum Gasteiger partial charge on any atom is -0.370 e. The lowest BCUT2D eigenvalue weighted by Crippen LogP contribution is -2.21. The topological polar surface area (TPSA) is 51.2 Å². The third-order valence-corrected chi connectivity index (χ3v) is 1.92. The van der Waals surface area contributed by atoms with Gasteiger partial charge in [-0.3, -0.25) is 9.59 Å². The molecule has 44 valence electrons. The Hall–Kier alpha value is -0.643. The summed E-state index contributed by atoms with van der Waals surface area (Å²) in [6, 6.07) is 0. The standard InChI is InChI=1S/C4H6O3Si/c1-3(5)8(7)4(2)6/h1-2H3. The first kappa shape index (κ1) is 7.36. The minimum absolute atomic E-state index is 0.512. The van der Waals surface area contributed by atoms with E-state index in [1.807, 2.05) is 0 Å². The van der Waals surface area contributed by atoms with E-state index in [0.717, 1.165) is 13.8 Å². The van der Waals surface area contributed by atoms with Crippen molar-refractivity contribution in [2.75, 3.05) is 0 Å². The molecule has 0 unspecified atom stereocenters. The zero-order valence-electron chi connectivity index (χ0n) is 4.72. The van der Waals surface area contributed by atoms with Crippen LogP contribution in [0.4, 0.5) is 0 Å². The van der Waals surface area contributed by atoms with Crippen molar-refractivity contribution in [2.45, 2.75) is 13.8 Å². The summed E-state index contributed by atoms with van der Waals surface area (Å²) in [5.74, 6) is 0. The lowest BCUT2D eigenvalue weighted by Gasteiger charge is -1.79. The van der Waals surface area contributed by atoms with Crippen LogP contribution in [0.1, 0.15) is 13.8 Å². The molecule has 0 heterocycles. The molecule has 3 nitrogen and oxygen atoms in total. The van der Waals surface area contributed by atoms with E-state index in [2.05, 4.69) is 0 Å². The molecule has 0 aliphatic heterocycles. The van der Waals surface area contributed by atoms with Gasteiger partial charge < -0.3 is 4.46 Å². The van der Waals surface area contributed by atoms with Crippen molar-refractivity contribution in [1.82, 2.24) is 0 Å². The highest BCUT2D eigenvalue weighted by Crippen LogP contribution is 1.72. The molecule has 0 N–H and O–H groups in total. The van der Waals surface area contributed by atoms with Crippen molar-refractivity contribution in [3.05, 3.63) is 0 Å². The zero-order chi connectivity index (χ0) is 6.73. The Kier molecular flexibility index (Phi) is 2.40. The van der Waals surface area contributed by atoms with E-state index in [0.29, 0.717) is 0 Å². The van der Waals surface area contributed by atoms with Crippen LogP contribution in [0.5, 0.6) is 0 Å². The van der Waals surface area contributed by atoms with Crippen LogP contribution in [0, 0.1) is 0 Å². The van der Waals surface area contributed by atoms with Gasteiger partial charge in [0.05, 0.1) is 0 Å². The second-order valence-corrected chi connectivity index (χ2v) is 3.51. The zero-order valence-corrected chi connectivity index (χ0v) is 5.72. The summed E-state index contributed by atoms with van der Waals surface area (Å²) >= 11 is 0. The summed E-state index contributed by atoms with van der Waals surface area (Å²) in [7, 11) is -2.55. The van der Waals surface area contributed by atoms with Gasteiger partial charge in [0.1, 0.15) is 0 Å². The van der Waals surface area contributed by atoms with Crippen LogP contribution in [-0.4, -0.2) is 19.5 Å². The lowest BCUT2D eigenvalue weighted by atomic mass is 10.9. The van der Waals surface area contributed by atoms with Gasteiger partial charge in [0.25, 0.3) is 0 Å². The van der Waals surface area contributed by atoms with Crippen molar-refractivity contribution in [3.63, 3.8) is 0 Å². The molecule has 0 amide bonds.